The number of hydrogen-bond acceptors (Lipinski definition) is 12. The number of likely N-dealkylation sites (tertiary alicyclic amines) is 1. The Kier molecular flexibility index (Phi) is 7.58. The molecule has 0 saturated carbocycles. The molecule has 2 aromatic rings. The lowest BCUT2D eigenvalue weighted by Gasteiger charge is -2.61. The zero-order valence-electron chi connectivity index (χ0n) is 24.5. The van der Waals surface area contributed by atoms with Crippen molar-refractivity contribution in [2.24, 2.45) is 0 Å². The van der Waals surface area contributed by atoms with Gasteiger partial charge in [-0.15, -0.1) is 0 Å². The standard InChI is InChI=1S/C32H33NO12/c1-16(29(39)45-25(28(37)38)17-6-4-3-5-7-17)42-30(40)20(35)15-23(36)43-21-10-11-32(41)22-14-18-8-9-19(34)26-24(18)31(32,27(21)44-26)12-13-33(22)2/h3-10,16,20,22,25,27,34-35,41H,11-15H2,1-2H3,(H,37,38)/t16-,20-,22-,25-,27-,31-,32+/m0/s1. The number of carbonyl (C=O) groups is 4. The van der Waals surface area contributed by atoms with Crippen LogP contribution in [0.15, 0.2) is 54.3 Å². The van der Waals surface area contributed by atoms with Gasteiger partial charge in [-0.25, -0.2) is 14.4 Å². The van der Waals surface area contributed by atoms with Crippen molar-refractivity contribution in [1.29, 1.82) is 0 Å². The fourth-order valence-electron chi connectivity index (χ4n) is 7.25. The molecule has 2 aliphatic carbocycles. The molecule has 0 aromatic heterocycles. The highest BCUT2D eigenvalue weighted by atomic mass is 16.6. The molecular weight excluding hydrogens is 590 g/mol. The lowest BCUT2D eigenvalue weighted by molar-refractivity contribution is -0.180. The molecule has 238 valence electrons. The highest BCUT2D eigenvalue weighted by molar-refractivity contribution is 5.86. The predicted molar refractivity (Wildman–Crippen MR) is 152 cm³/mol. The van der Waals surface area contributed by atoms with E-state index >= 15 is 0 Å². The molecule has 2 heterocycles. The molecule has 13 nitrogen and oxygen atoms in total. The molecule has 4 N–H and O–H groups in total. The third-order valence-corrected chi connectivity index (χ3v) is 9.40. The summed E-state index contributed by atoms with van der Waals surface area (Å²) >= 11 is 0. The number of hydrogen-bond donors (Lipinski definition) is 4. The third-order valence-electron chi connectivity index (χ3n) is 9.40. The van der Waals surface area contributed by atoms with E-state index in [9.17, 15) is 39.6 Å². The molecule has 0 radical (unpaired) electrons. The predicted octanol–water partition coefficient (Wildman–Crippen LogP) is 1.26. The summed E-state index contributed by atoms with van der Waals surface area (Å²) in [7, 11) is 1.95. The van der Waals surface area contributed by atoms with Crippen LogP contribution in [0.4, 0.5) is 0 Å². The summed E-state index contributed by atoms with van der Waals surface area (Å²) in [6, 6.07) is 10.8. The highest BCUT2D eigenvalue weighted by Crippen LogP contribution is 2.65. The van der Waals surface area contributed by atoms with Crippen LogP contribution >= 0.6 is 0 Å². The number of aliphatic carboxylic acids is 1. The number of piperidine rings is 1. The summed E-state index contributed by atoms with van der Waals surface area (Å²) < 4.78 is 21.8. The van der Waals surface area contributed by atoms with Gasteiger partial charge in [0.05, 0.1) is 17.4 Å². The Morgan fingerprint density at radius 2 is 1.82 bits per heavy atom. The monoisotopic (exact) mass is 623 g/mol. The first kappa shape index (κ1) is 30.6. The minimum Gasteiger partial charge on any atom is -0.504 e. The fraction of sp³-hybridized carbons (Fsp3) is 0.438. The van der Waals surface area contributed by atoms with E-state index in [0.29, 0.717) is 24.9 Å². The molecule has 2 aromatic carbocycles. The van der Waals surface area contributed by atoms with Gasteiger partial charge in [-0.3, -0.25) is 4.79 Å². The van der Waals surface area contributed by atoms with Gasteiger partial charge < -0.3 is 44.3 Å². The number of carbonyl (C=O) groups excluding carboxylic acids is 3. The van der Waals surface area contributed by atoms with E-state index < -0.39 is 65.7 Å². The summed E-state index contributed by atoms with van der Waals surface area (Å²) in [6.45, 7) is 1.77. The molecule has 6 rings (SSSR count). The molecule has 2 aliphatic heterocycles. The number of carboxylic acids is 1. The molecular formula is C32H33NO12. The van der Waals surface area contributed by atoms with E-state index in [0.717, 1.165) is 12.5 Å². The van der Waals surface area contributed by atoms with Crippen molar-refractivity contribution in [1.82, 2.24) is 4.90 Å². The van der Waals surface area contributed by atoms with E-state index in [-0.39, 0.29) is 35.3 Å². The van der Waals surface area contributed by atoms with E-state index in [1.165, 1.54) is 12.1 Å². The molecule has 0 unspecified atom stereocenters. The summed E-state index contributed by atoms with van der Waals surface area (Å²) in [5.41, 5.74) is -0.413. The maximum atomic E-state index is 13.0. The van der Waals surface area contributed by atoms with Crippen molar-refractivity contribution < 1.29 is 58.6 Å². The fourth-order valence-corrected chi connectivity index (χ4v) is 7.25. The van der Waals surface area contributed by atoms with Crippen LogP contribution in [0.25, 0.3) is 0 Å². The van der Waals surface area contributed by atoms with Crippen LogP contribution in [-0.2, 0) is 45.2 Å². The van der Waals surface area contributed by atoms with Crippen molar-refractivity contribution in [2.45, 2.75) is 74.1 Å². The van der Waals surface area contributed by atoms with Gasteiger partial charge in [0.15, 0.2) is 29.8 Å². The van der Waals surface area contributed by atoms with Gasteiger partial charge in [-0.2, -0.15) is 0 Å². The summed E-state index contributed by atoms with van der Waals surface area (Å²) in [4.78, 5) is 51.7. The van der Waals surface area contributed by atoms with Crippen molar-refractivity contribution in [3.8, 4) is 11.5 Å². The van der Waals surface area contributed by atoms with Crippen LogP contribution in [0.1, 0.15) is 49.0 Å². The van der Waals surface area contributed by atoms with Gasteiger partial charge in [-0.05, 0) is 51.1 Å². The number of benzene rings is 2. The minimum atomic E-state index is -2.02. The first-order valence-corrected chi connectivity index (χ1v) is 14.6. The number of aromatic hydroxyl groups is 1. The molecule has 2 bridgehead atoms. The Balaban J connectivity index is 1.12. The number of rotatable bonds is 9. The molecule has 1 spiro atoms. The smallest absolute Gasteiger partial charge is 0.349 e. The maximum Gasteiger partial charge on any atom is 0.349 e. The number of aliphatic hydroxyl groups excluding tert-OH is 1. The number of esters is 3. The van der Waals surface area contributed by atoms with Crippen molar-refractivity contribution in [3.63, 3.8) is 0 Å². The summed E-state index contributed by atoms with van der Waals surface area (Å²) in [5.74, 6) is -4.68. The van der Waals surface area contributed by atoms with Crippen LogP contribution in [0, 0.1) is 0 Å². The number of phenols is 1. The van der Waals surface area contributed by atoms with Crippen LogP contribution in [0.3, 0.4) is 0 Å². The first-order valence-electron chi connectivity index (χ1n) is 14.6. The number of carboxylic acid groups (broad SMARTS) is 1. The minimum absolute atomic E-state index is 0.0906. The second-order valence-corrected chi connectivity index (χ2v) is 11.9. The second-order valence-electron chi connectivity index (χ2n) is 11.9. The normalized spacial score (nSPS) is 28.0. The van der Waals surface area contributed by atoms with Crippen LogP contribution in [0.2, 0.25) is 0 Å². The number of aliphatic hydroxyl groups is 2. The van der Waals surface area contributed by atoms with Crippen LogP contribution in [0.5, 0.6) is 11.5 Å². The van der Waals surface area contributed by atoms with E-state index in [1.54, 1.807) is 30.3 Å². The topological polar surface area (TPSA) is 189 Å². The number of nitrogens with zero attached hydrogens (tertiary/aromatic N) is 1. The van der Waals surface area contributed by atoms with E-state index in [1.807, 2.05) is 13.1 Å². The number of phenolic OH excluding ortho intramolecular Hbond substituents is 1. The van der Waals surface area contributed by atoms with Gasteiger partial charge in [0.1, 0.15) is 5.76 Å². The zero-order valence-corrected chi connectivity index (χ0v) is 24.5. The van der Waals surface area contributed by atoms with Gasteiger partial charge >= 0.3 is 23.9 Å². The Morgan fingerprint density at radius 1 is 1.09 bits per heavy atom. The Labute approximate surface area is 257 Å². The average Bonchev–Trinajstić information content (AvgIpc) is 3.37. The van der Waals surface area contributed by atoms with Gasteiger partial charge in [0.25, 0.3) is 0 Å². The van der Waals surface area contributed by atoms with Crippen LogP contribution < -0.4 is 4.74 Å². The molecule has 7 atom stereocenters. The molecule has 4 aliphatic rings. The van der Waals surface area contributed by atoms with E-state index in [2.05, 4.69) is 4.90 Å². The molecule has 1 saturated heterocycles. The zero-order chi connectivity index (χ0) is 32.3. The van der Waals surface area contributed by atoms with Gasteiger partial charge in [0, 0.05) is 23.6 Å². The largest absolute Gasteiger partial charge is 0.504 e. The molecule has 13 heteroatoms. The van der Waals surface area contributed by atoms with E-state index in [4.69, 9.17) is 18.9 Å². The third kappa shape index (κ3) is 4.82. The van der Waals surface area contributed by atoms with Gasteiger partial charge in [0.2, 0.25) is 6.10 Å². The molecule has 45 heavy (non-hydrogen) atoms. The SMILES string of the molecule is C[C@H](OC(=O)[C@@H](O)CC(=O)OC1=CC[C@@]2(O)[C@@H]3Cc4ccc(O)c5c4[C@@]2(CCN3C)[C@H]1O5)C(=O)O[C@H](C(=O)O)c1ccccc1. The number of ether oxygens (including phenoxy) is 4. The van der Waals surface area contributed by atoms with Crippen molar-refractivity contribution in [2.75, 3.05) is 13.6 Å². The molecule has 0 amide bonds. The maximum absolute atomic E-state index is 13.0. The Bertz CT molecular complexity index is 1590. The lowest BCUT2D eigenvalue weighted by Crippen LogP contribution is -2.74. The molecule has 1 fully saturated rings. The highest BCUT2D eigenvalue weighted by Gasteiger charge is 2.72. The summed E-state index contributed by atoms with van der Waals surface area (Å²) in [5, 5.41) is 42.7. The summed E-state index contributed by atoms with van der Waals surface area (Å²) in [6.07, 6.45) is -4.30. The average molecular weight is 624 g/mol. The van der Waals surface area contributed by atoms with Crippen molar-refractivity contribution in [3.05, 3.63) is 71.0 Å². The van der Waals surface area contributed by atoms with Gasteiger partial charge in [-0.1, -0.05) is 36.4 Å². The number of likely N-dealkylation sites (N-methyl/N-ethyl adjacent to an activating group) is 1. The first-order chi connectivity index (χ1) is 21.4. The quantitative estimate of drug-likeness (QED) is 0.231. The Hall–Kier alpha value is -4.46. The lowest BCUT2D eigenvalue weighted by atomic mass is 9.50. The van der Waals surface area contributed by atoms with Crippen LogP contribution in [-0.4, -0.2) is 92.8 Å². The second kappa shape index (κ2) is 11.2. The Morgan fingerprint density at radius 3 is 2.53 bits per heavy atom. The van der Waals surface area contributed by atoms with Crippen molar-refractivity contribution >= 4 is 23.9 Å².